The Balaban J connectivity index is 0.000000500. The van der Waals surface area contributed by atoms with Crippen LogP contribution in [0.25, 0.3) is 5.73 Å². The Bertz CT molecular complexity index is 891. The maximum absolute atomic E-state index is 12.5. The van der Waals surface area contributed by atoms with Crippen molar-refractivity contribution in [3.63, 3.8) is 0 Å². The van der Waals surface area contributed by atoms with Crippen molar-refractivity contribution in [2.24, 2.45) is 44.8 Å². The summed E-state index contributed by atoms with van der Waals surface area (Å²) >= 11 is 0. The Labute approximate surface area is 183 Å². The smallest absolute Gasteiger partial charge is 1.00 e. The minimum atomic E-state index is -0.469. The van der Waals surface area contributed by atoms with Gasteiger partial charge >= 0.3 is 21.7 Å². The molecular weight excluding hydrogens is 417 g/mol. The topological polar surface area (TPSA) is 40.9 Å². The van der Waals surface area contributed by atoms with E-state index in [0.717, 1.165) is 47.1 Å². The molecule has 10 rings (SSSR count). The fourth-order valence-electron chi connectivity index (χ4n) is 11.6. The second kappa shape index (κ2) is 4.22. The van der Waals surface area contributed by atoms with Gasteiger partial charge in [-0.15, -0.1) is 0 Å². The first-order valence-electron chi connectivity index (χ1n) is 9.71. The number of hydrogen-bond donors (Lipinski definition) is 0. The molecule has 4 spiro atoms. The van der Waals surface area contributed by atoms with Gasteiger partial charge in [0.2, 0.25) is 0 Å². The number of allylic oxidation sites excluding steroid dienone is 2. The predicted molar refractivity (Wildman–Crippen MR) is 89.2 cm³/mol. The average Bonchev–Trinajstić information content (AvgIpc) is 3.26. The molecule has 135 valence electrons. The van der Waals surface area contributed by atoms with Crippen LogP contribution in [-0.4, -0.2) is 19.5 Å². The van der Waals surface area contributed by atoms with Crippen molar-refractivity contribution < 1.29 is 51.3 Å². The summed E-state index contributed by atoms with van der Waals surface area (Å²) < 4.78 is 0. The van der Waals surface area contributed by atoms with E-state index in [1.165, 1.54) is 12.8 Å². The van der Waals surface area contributed by atoms with Crippen molar-refractivity contribution in [2.45, 2.75) is 50.6 Å². The molecule has 1 aliphatic heterocycles. The SMILES string of the molecule is CCC1=[Si](C2C3CC4(C([NH-])=O)CC25C2C46C4C6(C3)C245)C(C)C=C1.[Cl-].[Cl-].[Ti+3]. The molecule has 0 saturated heterocycles. The fraction of sp³-hybridized carbons (Fsp3) is 0.800. The largest absolute Gasteiger partial charge is 3.00 e. The Morgan fingerprint density at radius 1 is 1.27 bits per heavy atom. The minimum Gasteiger partial charge on any atom is -1.00 e. The number of carbonyl (C=O) groups excluding carboxylic acids is 1. The van der Waals surface area contributed by atoms with E-state index < -0.39 is 8.41 Å². The van der Waals surface area contributed by atoms with Crippen LogP contribution in [-0.2, 0) is 26.5 Å². The average molecular weight is 439 g/mol. The van der Waals surface area contributed by atoms with E-state index in [0.29, 0.717) is 16.2 Å². The number of halogens is 2. The van der Waals surface area contributed by atoms with Crippen LogP contribution in [0.15, 0.2) is 12.2 Å². The van der Waals surface area contributed by atoms with Gasteiger partial charge in [0.1, 0.15) is 0 Å². The first kappa shape index (κ1) is 18.6. The van der Waals surface area contributed by atoms with Crippen LogP contribution in [0.4, 0.5) is 0 Å². The Kier molecular flexibility index (Phi) is 3.02. The Hall–Kier alpha value is 0.591. The van der Waals surface area contributed by atoms with Gasteiger partial charge in [-0.1, -0.05) is 31.2 Å². The third kappa shape index (κ3) is 0.990. The van der Waals surface area contributed by atoms with Gasteiger partial charge in [0, 0.05) is 13.8 Å². The third-order valence-corrected chi connectivity index (χ3v) is 15.1. The molecule has 9 fully saturated rings. The summed E-state index contributed by atoms with van der Waals surface area (Å²) in [5.74, 6) is 2.50. The molecule has 6 heteroatoms. The molecule has 0 aromatic carbocycles. The summed E-state index contributed by atoms with van der Waals surface area (Å²) in [7, 11) is -0.469. The van der Waals surface area contributed by atoms with E-state index in [2.05, 4.69) is 26.0 Å². The van der Waals surface area contributed by atoms with Gasteiger partial charge < -0.3 is 35.3 Å². The molecule has 0 aromatic rings. The number of hydrogen-bond acceptors (Lipinski definition) is 1. The zero-order chi connectivity index (χ0) is 15.4. The van der Waals surface area contributed by atoms with Crippen molar-refractivity contribution >= 4 is 19.5 Å². The van der Waals surface area contributed by atoms with Crippen LogP contribution in [0, 0.1) is 44.8 Å². The molecule has 0 aromatic heterocycles. The monoisotopic (exact) mass is 438 g/mol. The van der Waals surface area contributed by atoms with Crippen molar-refractivity contribution in [3.8, 4) is 0 Å². The summed E-state index contributed by atoms with van der Waals surface area (Å²) in [5, 5.41) is 1.79. The molecule has 1 amide bonds. The van der Waals surface area contributed by atoms with Crippen LogP contribution < -0.4 is 24.8 Å². The van der Waals surface area contributed by atoms with Crippen molar-refractivity contribution in [1.29, 1.82) is 0 Å². The second-order valence-electron chi connectivity index (χ2n) is 10.3. The number of amides is 1. The van der Waals surface area contributed by atoms with Gasteiger partial charge in [-0.2, -0.15) is 0 Å². The second-order valence-corrected chi connectivity index (χ2v) is 13.4. The minimum absolute atomic E-state index is 0. The summed E-state index contributed by atoms with van der Waals surface area (Å²) in [5.41, 5.74) is 12.1. The Morgan fingerprint density at radius 3 is 2.65 bits per heavy atom. The summed E-state index contributed by atoms with van der Waals surface area (Å²) in [4.78, 5) is 12.5. The molecule has 9 saturated carbocycles. The molecule has 10 aliphatic rings. The molecule has 9 aliphatic carbocycles. The van der Waals surface area contributed by atoms with Gasteiger partial charge in [-0.25, -0.2) is 0 Å². The van der Waals surface area contributed by atoms with Gasteiger partial charge in [0.25, 0.3) is 0 Å². The first-order chi connectivity index (χ1) is 11.0. The molecule has 6 bridgehead atoms. The quantitative estimate of drug-likeness (QED) is 0.453. The summed E-state index contributed by atoms with van der Waals surface area (Å²) in [6, 6.07) is 0. The summed E-state index contributed by atoms with van der Waals surface area (Å²) in [6.45, 7) is 4.82. The van der Waals surface area contributed by atoms with E-state index in [9.17, 15) is 4.79 Å². The standard InChI is InChI=1S/C20H23NOSi.2ClH.Ti/c1-3-11-5-4-9(2)23(11)12-10-6-16(15(21)22)8-17(12)13-19(16)14-18(19,7-10)20(13,14)17;;;/h4-5,9-10,12-14H,3,6-8H2,1-2H3,(H2,21,22);2*1H;/q;;;+3/p-3. The normalized spacial score (nSPS) is 66.0. The van der Waals surface area contributed by atoms with Gasteiger partial charge in [-0.3, -0.25) is 0 Å². The first-order valence-corrected chi connectivity index (χ1v) is 11.4. The zero-order valence-electron chi connectivity index (χ0n) is 15.0. The zero-order valence-corrected chi connectivity index (χ0v) is 19.1. The van der Waals surface area contributed by atoms with Gasteiger partial charge in [0.05, 0.1) is 5.91 Å². The van der Waals surface area contributed by atoms with E-state index in [1.54, 1.807) is 5.17 Å². The molecule has 10 atom stereocenters. The van der Waals surface area contributed by atoms with E-state index >= 15 is 0 Å². The fourth-order valence-corrected chi connectivity index (χ4v) is 16.0. The maximum Gasteiger partial charge on any atom is 3.00 e. The molecule has 1 radical (unpaired) electrons. The van der Waals surface area contributed by atoms with Crippen LogP contribution in [0.1, 0.15) is 39.5 Å². The maximum atomic E-state index is 12.5. The molecule has 10 unspecified atom stereocenters. The van der Waals surface area contributed by atoms with Crippen molar-refractivity contribution in [2.75, 3.05) is 0 Å². The third-order valence-electron chi connectivity index (χ3n) is 11.0. The predicted octanol–water partition coefficient (Wildman–Crippen LogP) is -2.39. The van der Waals surface area contributed by atoms with Crippen LogP contribution in [0.3, 0.4) is 0 Å². The van der Waals surface area contributed by atoms with Gasteiger partial charge in [-0.05, 0) is 76.2 Å². The molecular formula is C20H22Cl2NOSiTi. The van der Waals surface area contributed by atoms with Crippen LogP contribution >= 0.6 is 0 Å². The molecule has 2 nitrogen and oxygen atoms in total. The Morgan fingerprint density at radius 2 is 2.00 bits per heavy atom. The van der Waals surface area contributed by atoms with Crippen LogP contribution in [0.2, 0.25) is 11.1 Å². The van der Waals surface area contributed by atoms with E-state index in [-0.39, 0.29) is 57.9 Å². The van der Waals surface area contributed by atoms with Gasteiger partial charge in [0.15, 0.2) is 0 Å². The van der Waals surface area contributed by atoms with Crippen molar-refractivity contribution in [3.05, 3.63) is 17.9 Å². The molecule has 1 heterocycles. The van der Waals surface area contributed by atoms with Crippen LogP contribution in [0.5, 0.6) is 0 Å². The van der Waals surface area contributed by atoms with E-state index in [4.69, 9.17) is 5.73 Å². The summed E-state index contributed by atoms with van der Waals surface area (Å²) in [6.07, 6.45) is 9.96. The van der Waals surface area contributed by atoms with Crippen molar-refractivity contribution in [1.82, 2.24) is 0 Å². The number of carbonyl (C=O) groups is 1. The molecule has 26 heavy (non-hydrogen) atoms. The number of rotatable bonds is 3. The molecule has 1 N–H and O–H groups in total. The number of nitrogens with one attached hydrogen (secondary N) is 1. The van der Waals surface area contributed by atoms with E-state index in [1.807, 2.05) is 0 Å².